The fraction of sp³-hybridized carbons (Fsp3) is 0.250. The Balaban J connectivity index is 2.07. The van der Waals surface area contributed by atoms with Crippen molar-refractivity contribution in [1.82, 2.24) is 19.7 Å². The Morgan fingerprint density at radius 3 is 3.15 bits per heavy atom. The maximum absolute atomic E-state index is 10.2. The first kappa shape index (κ1) is 13.3. The lowest BCUT2D eigenvalue weighted by Gasteiger charge is -2.08. The quantitative estimate of drug-likeness (QED) is 0.544. The molecule has 3 rings (SSSR count). The van der Waals surface area contributed by atoms with Gasteiger partial charge in [-0.1, -0.05) is 0 Å². The molecule has 0 bridgehead atoms. The number of hydrogen-bond acceptors (Lipinski definition) is 5. The van der Waals surface area contributed by atoms with Gasteiger partial charge in [0.15, 0.2) is 11.5 Å². The second-order valence-electron chi connectivity index (χ2n) is 4.26. The maximum atomic E-state index is 10.2. The predicted octanol–water partition coefficient (Wildman–Crippen LogP) is 2.17. The molecule has 3 aromatic heterocycles. The van der Waals surface area contributed by atoms with Crippen LogP contribution in [-0.4, -0.2) is 33.9 Å². The second kappa shape index (κ2) is 5.37. The summed E-state index contributed by atoms with van der Waals surface area (Å²) in [4.78, 5) is 20.3. The molecule has 3 aromatic rings. The van der Waals surface area contributed by atoms with E-state index in [4.69, 9.17) is 0 Å². The molecule has 0 aliphatic rings. The largest absolute Gasteiger partial charge is 0.365 e. The van der Waals surface area contributed by atoms with Crippen molar-refractivity contribution in [1.29, 1.82) is 0 Å². The van der Waals surface area contributed by atoms with Crippen LogP contribution in [-0.2, 0) is 4.79 Å². The first-order valence-corrected chi connectivity index (χ1v) is 7.65. The Morgan fingerprint density at radius 1 is 1.50 bits per heavy atom. The Morgan fingerprint density at radius 2 is 2.35 bits per heavy atom. The van der Waals surface area contributed by atoms with Crippen molar-refractivity contribution in [2.24, 2.45) is 0 Å². The van der Waals surface area contributed by atoms with Gasteiger partial charge in [-0.15, -0.1) is 11.3 Å². The van der Waals surface area contributed by atoms with E-state index in [1.165, 1.54) is 0 Å². The van der Waals surface area contributed by atoms with Crippen LogP contribution in [0.2, 0.25) is 0 Å². The molecule has 0 radical (unpaired) electrons. The maximum Gasteiger partial charge on any atom is 0.207 e. The van der Waals surface area contributed by atoms with E-state index in [0.29, 0.717) is 19.5 Å². The number of imidazole rings is 1. The molecule has 0 aromatic carbocycles. The molecule has 0 aliphatic heterocycles. The van der Waals surface area contributed by atoms with Gasteiger partial charge in [0.25, 0.3) is 0 Å². The van der Waals surface area contributed by atoms with Crippen LogP contribution in [0.15, 0.2) is 16.0 Å². The fourth-order valence-electron chi connectivity index (χ4n) is 2.05. The molecule has 0 aliphatic carbocycles. The minimum atomic E-state index is 0.544. The van der Waals surface area contributed by atoms with Crippen LogP contribution < -0.4 is 10.6 Å². The summed E-state index contributed by atoms with van der Waals surface area (Å²) in [5.41, 5.74) is 2.78. The summed E-state index contributed by atoms with van der Waals surface area (Å²) in [6, 6.07) is 1.99. The molecule has 20 heavy (non-hydrogen) atoms. The number of anilines is 1. The summed E-state index contributed by atoms with van der Waals surface area (Å²) in [7, 11) is 0. The Hall–Kier alpha value is -1.67. The SMILES string of the molecule is Cc1cnc2c(NCCNC=O)nc3cc(Br)sc3n12. The first-order valence-electron chi connectivity index (χ1n) is 6.04. The second-order valence-corrected chi connectivity index (χ2v) is 6.67. The number of rotatable bonds is 5. The predicted molar refractivity (Wildman–Crippen MR) is 83.4 cm³/mol. The summed E-state index contributed by atoms with van der Waals surface area (Å²) in [6.45, 7) is 3.16. The smallest absolute Gasteiger partial charge is 0.207 e. The van der Waals surface area contributed by atoms with E-state index in [2.05, 4.69) is 40.9 Å². The van der Waals surface area contributed by atoms with Crippen molar-refractivity contribution in [3.63, 3.8) is 0 Å². The third-order valence-corrected chi connectivity index (χ3v) is 4.51. The minimum absolute atomic E-state index is 0.544. The molecule has 0 unspecified atom stereocenters. The van der Waals surface area contributed by atoms with Crippen molar-refractivity contribution >= 4 is 55.5 Å². The molecule has 1 amide bonds. The minimum Gasteiger partial charge on any atom is -0.365 e. The highest BCUT2D eigenvalue weighted by molar-refractivity contribution is 9.11. The molecule has 0 fully saturated rings. The number of aryl methyl sites for hydroxylation is 1. The zero-order valence-electron chi connectivity index (χ0n) is 10.7. The van der Waals surface area contributed by atoms with Gasteiger partial charge < -0.3 is 10.6 Å². The van der Waals surface area contributed by atoms with E-state index in [1.54, 1.807) is 11.3 Å². The molecule has 0 spiro atoms. The normalized spacial score (nSPS) is 11.1. The number of carbonyl (C=O) groups excluding carboxylic acids is 1. The zero-order chi connectivity index (χ0) is 14.1. The number of nitrogens with zero attached hydrogens (tertiary/aromatic N) is 3. The van der Waals surface area contributed by atoms with Gasteiger partial charge in [-0.3, -0.25) is 9.20 Å². The third kappa shape index (κ3) is 2.25. The van der Waals surface area contributed by atoms with Crippen LogP contribution in [0.4, 0.5) is 5.82 Å². The van der Waals surface area contributed by atoms with E-state index in [1.807, 2.05) is 19.2 Å². The lowest BCUT2D eigenvalue weighted by atomic mass is 10.4. The van der Waals surface area contributed by atoms with Crippen molar-refractivity contribution in [2.45, 2.75) is 6.92 Å². The molecule has 6 nitrogen and oxygen atoms in total. The highest BCUT2D eigenvalue weighted by Gasteiger charge is 2.13. The van der Waals surface area contributed by atoms with E-state index >= 15 is 0 Å². The summed E-state index contributed by atoms with van der Waals surface area (Å²) in [5.74, 6) is 0.726. The van der Waals surface area contributed by atoms with Gasteiger partial charge in [-0.2, -0.15) is 0 Å². The number of thiophene rings is 1. The standard InChI is InChI=1S/C12H12BrN5OS/c1-7-5-16-11-10(15-3-2-14-6-19)17-8-4-9(13)20-12(8)18(7)11/h4-6H,2-3H2,1H3,(H,14,19)(H,15,17). The van der Waals surface area contributed by atoms with Gasteiger partial charge in [0.05, 0.1) is 3.79 Å². The lowest BCUT2D eigenvalue weighted by Crippen LogP contribution is -2.21. The van der Waals surface area contributed by atoms with E-state index < -0.39 is 0 Å². The molecule has 0 saturated heterocycles. The van der Waals surface area contributed by atoms with Gasteiger partial charge in [-0.25, -0.2) is 9.97 Å². The van der Waals surface area contributed by atoms with Crippen LogP contribution in [0.3, 0.4) is 0 Å². The Labute approximate surface area is 127 Å². The monoisotopic (exact) mass is 353 g/mol. The first-order chi connectivity index (χ1) is 9.70. The van der Waals surface area contributed by atoms with E-state index in [9.17, 15) is 4.79 Å². The molecule has 3 heterocycles. The van der Waals surface area contributed by atoms with E-state index in [0.717, 1.165) is 31.3 Å². The average Bonchev–Trinajstić information content (AvgIpc) is 2.97. The van der Waals surface area contributed by atoms with Crippen molar-refractivity contribution in [3.05, 3.63) is 21.7 Å². The molecular weight excluding hydrogens is 342 g/mol. The number of nitrogens with one attached hydrogen (secondary N) is 2. The molecule has 8 heteroatoms. The number of amides is 1. The molecule has 0 saturated carbocycles. The van der Waals surface area contributed by atoms with Crippen molar-refractivity contribution < 1.29 is 4.79 Å². The van der Waals surface area contributed by atoms with Gasteiger partial charge in [-0.05, 0) is 28.9 Å². The molecule has 0 atom stereocenters. The van der Waals surface area contributed by atoms with Crippen LogP contribution in [0.5, 0.6) is 0 Å². The topological polar surface area (TPSA) is 71.3 Å². The van der Waals surface area contributed by atoms with Gasteiger partial charge in [0.1, 0.15) is 10.3 Å². The summed E-state index contributed by atoms with van der Waals surface area (Å²) < 4.78 is 3.13. The fourth-order valence-corrected chi connectivity index (χ4v) is 3.61. The molecule has 104 valence electrons. The van der Waals surface area contributed by atoms with Gasteiger partial charge in [0, 0.05) is 25.0 Å². The van der Waals surface area contributed by atoms with Crippen molar-refractivity contribution in [3.8, 4) is 0 Å². The summed E-state index contributed by atoms with van der Waals surface area (Å²) in [6.07, 6.45) is 2.52. The van der Waals surface area contributed by atoms with Gasteiger partial charge >= 0.3 is 0 Å². The molecular formula is C12H12BrN5OS. The third-order valence-electron chi connectivity index (χ3n) is 2.89. The number of hydrogen-bond donors (Lipinski definition) is 2. The number of carbonyl (C=O) groups is 1. The molecule has 2 N–H and O–H groups in total. The number of halogens is 1. The van der Waals surface area contributed by atoms with Gasteiger partial charge in [0.2, 0.25) is 6.41 Å². The highest BCUT2D eigenvalue weighted by atomic mass is 79.9. The summed E-state index contributed by atoms with van der Waals surface area (Å²) in [5, 5.41) is 5.82. The van der Waals surface area contributed by atoms with Crippen LogP contribution in [0.1, 0.15) is 5.69 Å². The Kier molecular flexibility index (Phi) is 3.58. The summed E-state index contributed by atoms with van der Waals surface area (Å²) >= 11 is 5.13. The number of aromatic nitrogens is 3. The van der Waals surface area contributed by atoms with Crippen LogP contribution in [0.25, 0.3) is 16.0 Å². The highest BCUT2D eigenvalue weighted by Crippen LogP contribution is 2.31. The number of fused-ring (bicyclic) bond motifs is 3. The van der Waals surface area contributed by atoms with Crippen LogP contribution >= 0.6 is 27.3 Å². The van der Waals surface area contributed by atoms with Crippen LogP contribution in [0, 0.1) is 6.92 Å². The Bertz CT molecular complexity index is 781. The average molecular weight is 354 g/mol. The van der Waals surface area contributed by atoms with Crippen molar-refractivity contribution in [2.75, 3.05) is 18.4 Å². The van der Waals surface area contributed by atoms with E-state index in [-0.39, 0.29) is 0 Å². The lowest BCUT2D eigenvalue weighted by molar-refractivity contribution is -0.109. The zero-order valence-corrected chi connectivity index (χ0v) is 13.1.